The van der Waals surface area contributed by atoms with Crippen molar-refractivity contribution < 1.29 is 14.3 Å². The molecule has 4 nitrogen and oxygen atoms in total. The van der Waals surface area contributed by atoms with Crippen LogP contribution in [0.1, 0.15) is 51.0 Å². The first-order valence-electron chi connectivity index (χ1n) is 10.4. The summed E-state index contributed by atoms with van der Waals surface area (Å²) in [6.07, 6.45) is 3.70. The first-order valence-corrected chi connectivity index (χ1v) is 10.4. The molecule has 1 saturated heterocycles. The van der Waals surface area contributed by atoms with E-state index in [0.717, 1.165) is 55.8 Å². The van der Waals surface area contributed by atoms with E-state index in [0.29, 0.717) is 6.61 Å². The molecule has 1 heterocycles. The van der Waals surface area contributed by atoms with Gasteiger partial charge in [-0.3, -0.25) is 4.79 Å². The van der Waals surface area contributed by atoms with Crippen LogP contribution in [0, 0.1) is 0 Å². The van der Waals surface area contributed by atoms with Gasteiger partial charge in [0.2, 0.25) is 5.91 Å². The summed E-state index contributed by atoms with van der Waals surface area (Å²) in [6.45, 7) is 6.21. The number of likely N-dealkylation sites (tertiary alicyclic amines) is 1. The maximum atomic E-state index is 13.2. The minimum absolute atomic E-state index is 0.0395. The van der Waals surface area contributed by atoms with Gasteiger partial charge >= 0.3 is 0 Å². The fourth-order valence-corrected chi connectivity index (χ4v) is 3.82. The lowest BCUT2D eigenvalue weighted by atomic mass is 9.92. The predicted molar refractivity (Wildman–Crippen MR) is 112 cm³/mol. The third kappa shape index (κ3) is 5.06. The molecule has 28 heavy (non-hydrogen) atoms. The lowest BCUT2D eigenvalue weighted by Crippen LogP contribution is -2.43. The van der Waals surface area contributed by atoms with Gasteiger partial charge in [-0.2, -0.15) is 0 Å². The van der Waals surface area contributed by atoms with Crippen molar-refractivity contribution >= 4 is 5.91 Å². The van der Waals surface area contributed by atoms with Crippen LogP contribution < -0.4 is 9.47 Å². The van der Waals surface area contributed by atoms with Crippen molar-refractivity contribution in [3.05, 3.63) is 60.2 Å². The van der Waals surface area contributed by atoms with E-state index < -0.39 is 0 Å². The number of carbonyl (C=O) groups excluding carboxylic acids is 1. The van der Waals surface area contributed by atoms with E-state index in [9.17, 15) is 4.79 Å². The van der Waals surface area contributed by atoms with E-state index in [-0.39, 0.29) is 17.9 Å². The van der Waals surface area contributed by atoms with Crippen LogP contribution in [0.15, 0.2) is 54.6 Å². The van der Waals surface area contributed by atoms with Gasteiger partial charge in [0.1, 0.15) is 6.10 Å². The lowest BCUT2D eigenvalue weighted by Gasteiger charge is -2.34. The second kappa shape index (κ2) is 10.2. The molecule has 1 fully saturated rings. The van der Waals surface area contributed by atoms with E-state index in [1.54, 1.807) is 0 Å². The Kier molecular flexibility index (Phi) is 7.35. The van der Waals surface area contributed by atoms with Crippen LogP contribution in [0.4, 0.5) is 0 Å². The maximum absolute atomic E-state index is 13.2. The zero-order chi connectivity index (χ0) is 19.8. The van der Waals surface area contributed by atoms with Gasteiger partial charge in [0.05, 0.1) is 12.5 Å². The number of amides is 1. The summed E-state index contributed by atoms with van der Waals surface area (Å²) in [5, 5.41) is 0. The number of carbonyl (C=O) groups is 1. The highest BCUT2D eigenvalue weighted by Crippen LogP contribution is 2.30. The Labute approximate surface area is 168 Å². The van der Waals surface area contributed by atoms with Crippen LogP contribution >= 0.6 is 0 Å². The van der Waals surface area contributed by atoms with Crippen LogP contribution in [0.2, 0.25) is 0 Å². The van der Waals surface area contributed by atoms with Crippen molar-refractivity contribution in [3.8, 4) is 11.5 Å². The number of nitrogens with zero attached hydrogens (tertiary/aromatic N) is 1. The topological polar surface area (TPSA) is 38.8 Å². The van der Waals surface area contributed by atoms with Crippen LogP contribution in [0.5, 0.6) is 11.5 Å². The number of piperidine rings is 1. The average Bonchev–Trinajstić information content (AvgIpc) is 2.74. The summed E-state index contributed by atoms with van der Waals surface area (Å²) >= 11 is 0. The molecule has 0 aliphatic carbocycles. The number of para-hydroxylation sites is 2. The first-order chi connectivity index (χ1) is 13.7. The Bertz CT molecular complexity index is 739. The molecule has 150 valence electrons. The van der Waals surface area contributed by atoms with Crippen molar-refractivity contribution in [3.63, 3.8) is 0 Å². The third-order valence-corrected chi connectivity index (χ3v) is 5.27. The maximum Gasteiger partial charge on any atom is 0.230 e. The number of hydrogen-bond acceptors (Lipinski definition) is 3. The van der Waals surface area contributed by atoms with E-state index in [2.05, 4.69) is 19.1 Å². The van der Waals surface area contributed by atoms with Crippen molar-refractivity contribution in [2.75, 3.05) is 19.7 Å². The van der Waals surface area contributed by atoms with Crippen LogP contribution in [0.25, 0.3) is 0 Å². The first kappa shape index (κ1) is 20.2. The number of ether oxygens (including phenoxy) is 2. The number of rotatable bonds is 8. The van der Waals surface area contributed by atoms with Crippen molar-refractivity contribution in [2.24, 2.45) is 0 Å². The van der Waals surface area contributed by atoms with Gasteiger partial charge in [-0.1, -0.05) is 55.8 Å². The summed E-state index contributed by atoms with van der Waals surface area (Å²) in [5.41, 5.74) is 1.12. The highest BCUT2D eigenvalue weighted by atomic mass is 16.5. The monoisotopic (exact) mass is 381 g/mol. The molecule has 1 aliphatic heterocycles. The minimum atomic E-state index is -0.0395. The SMILES string of the molecule is CCCC(C(=O)N1CCC(Oc2ccccc2OCC)CC1)c1ccccc1. The molecule has 2 aromatic carbocycles. The van der Waals surface area contributed by atoms with E-state index in [4.69, 9.17) is 9.47 Å². The highest BCUT2D eigenvalue weighted by molar-refractivity contribution is 5.83. The molecule has 3 rings (SSSR count). The Balaban J connectivity index is 1.59. The lowest BCUT2D eigenvalue weighted by molar-refractivity contribution is -0.134. The second-order valence-electron chi connectivity index (χ2n) is 7.27. The zero-order valence-electron chi connectivity index (χ0n) is 17.0. The van der Waals surface area contributed by atoms with Gasteiger partial charge in [-0.15, -0.1) is 0 Å². The number of benzene rings is 2. The van der Waals surface area contributed by atoms with Gasteiger partial charge in [-0.05, 0) is 31.0 Å². The molecule has 0 bridgehead atoms. The standard InChI is InChI=1S/C24H31NO3/c1-3-10-21(19-11-6-5-7-12-19)24(26)25-17-15-20(16-18-25)28-23-14-9-8-13-22(23)27-4-2/h5-9,11-14,20-21H,3-4,10,15-18H2,1-2H3. The quantitative estimate of drug-likeness (QED) is 0.643. The van der Waals surface area contributed by atoms with Gasteiger partial charge in [0.15, 0.2) is 11.5 Å². The summed E-state index contributed by atoms with van der Waals surface area (Å²) < 4.78 is 11.9. The molecule has 0 saturated carbocycles. The molecule has 0 aromatic heterocycles. The molecule has 1 unspecified atom stereocenters. The molecular formula is C24H31NO3. The molecule has 4 heteroatoms. The largest absolute Gasteiger partial charge is 0.490 e. The Morgan fingerprint density at radius 2 is 1.64 bits per heavy atom. The summed E-state index contributed by atoms with van der Waals surface area (Å²) in [6, 6.07) is 18.0. The van der Waals surface area contributed by atoms with E-state index in [1.807, 2.05) is 54.3 Å². The van der Waals surface area contributed by atoms with Gasteiger partial charge in [0.25, 0.3) is 0 Å². The minimum Gasteiger partial charge on any atom is -0.490 e. The molecule has 0 spiro atoms. The van der Waals surface area contributed by atoms with E-state index in [1.165, 1.54) is 0 Å². The fourth-order valence-electron chi connectivity index (χ4n) is 3.82. The van der Waals surface area contributed by atoms with Crippen molar-refractivity contribution in [1.29, 1.82) is 0 Å². The second-order valence-corrected chi connectivity index (χ2v) is 7.27. The van der Waals surface area contributed by atoms with Crippen molar-refractivity contribution in [1.82, 2.24) is 4.90 Å². The van der Waals surface area contributed by atoms with Gasteiger partial charge in [-0.25, -0.2) is 0 Å². The summed E-state index contributed by atoms with van der Waals surface area (Å²) in [5.74, 6) is 1.79. The molecule has 1 atom stereocenters. The van der Waals surface area contributed by atoms with Crippen LogP contribution in [-0.4, -0.2) is 36.6 Å². The zero-order valence-corrected chi connectivity index (χ0v) is 17.0. The smallest absolute Gasteiger partial charge is 0.230 e. The predicted octanol–water partition coefficient (Wildman–Crippen LogP) is 5.04. The fraction of sp³-hybridized carbons (Fsp3) is 0.458. The van der Waals surface area contributed by atoms with Gasteiger partial charge in [0, 0.05) is 25.9 Å². The molecule has 1 amide bonds. The number of hydrogen-bond donors (Lipinski definition) is 0. The molecule has 0 radical (unpaired) electrons. The summed E-state index contributed by atoms with van der Waals surface area (Å²) in [4.78, 5) is 15.2. The Hall–Kier alpha value is -2.49. The van der Waals surface area contributed by atoms with E-state index >= 15 is 0 Å². The molecule has 2 aromatic rings. The average molecular weight is 382 g/mol. The molecule has 1 aliphatic rings. The normalized spacial score (nSPS) is 15.9. The Morgan fingerprint density at radius 1 is 1.00 bits per heavy atom. The van der Waals surface area contributed by atoms with Gasteiger partial charge < -0.3 is 14.4 Å². The summed E-state index contributed by atoms with van der Waals surface area (Å²) in [7, 11) is 0. The van der Waals surface area contributed by atoms with Crippen molar-refractivity contribution in [2.45, 2.75) is 51.6 Å². The molecular weight excluding hydrogens is 350 g/mol. The van der Waals surface area contributed by atoms with Crippen LogP contribution in [0.3, 0.4) is 0 Å². The Morgan fingerprint density at radius 3 is 2.29 bits per heavy atom. The third-order valence-electron chi connectivity index (χ3n) is 5.27. The van der Waals surface area contributed by atoms with Crippen LogP contribution in [-0.2, 0) is 4.79 Å². The highest BCUT2D eigenvalue weighted by Gasteiger charge is 2.29. The molecule has 0 N–H and O–H groups in total.